The van der Waals surface area contributed by atoms with Crippen LogP contribution in [0.25, 0.3) is 0 Å². The zero-order valence-corrected chi connectivity index (χ0v) is 12.6. The Hall–Kier alpha value is -0.0800. The summed E-state index contributed by atoms with van der Waals surface area (Å²) in [5.41, 5.74) is 0. The molecule has 0 amide bonds. The summed E-state index contributed by atoms with van der Waals surface area (Å²) >= 11 is 0. The topological polar surface area (TPSA) is 23.5 Å². The van der Waals surface area contributed by atoms with E-state index < -0.39 is 0 Å². The minimum absolute atomic E-state index is 0.137. The van der Waals surface area contributed by atoms with Gasteiger partial charge in [-0.25, -0.2) is 0 Å². The Morgan fingerprint density at radius 1 is 1.00 bits per heavy atom. The fourth-order valence-corrected chi connectivity index (χ4v) is 2.45. The lowest BCUT2D eigenvalue weighted by molar-refractivity contribution is 0.152. The smallest absolute Gasteiger partial charge is 0.0512 e. The highest BCUT2D eigenvalue weighted by Crippen LogP contribution is 2.13. The molecule has 2 heteroatoms. The molecule has 0 aliphatic rings. The van der Waals surface area contributed by atoms with Gasteiger partial charge in [0.1, 0.15) is 0 Å². The van der Waals surface area contributed by atoms with Gasteiger partial charge in [0.15, 0.2) is 0 Å². The van der Waals surface area contributed by atoms with Crippen LogP contribution in [-0.4, -0.2) is 35.2 Å². The minimum Gasteiger partial charge on any atom is -0.393 e. The molecule has 2 nitrogen and oxygen atoms in total. The Morgan fingerprint density at radius 3 is 2.00 bits per heavy atom. The second-order valence-electron chi connectivity index (χ2n) is 5.70. The summed E-state index contributed by atoms with van der Waals surface area (Å²) < 4.78 is 0. The number of hydrogen-bond acceptors (Lipinski definition) is 2. The van der Waals surface area contributed by atoms with Crippen LogP contribution in [0.2, 0.25) is 0 Å². The fraction of sp³-hybridized carbons (Fsp3) is 1.00. The van der Waals surface area contributed by atoms with Crippen molar-refractivity contribution in [3.63, 3.8) is 0 Å². The molecule has 0 rings (SSSR count). The second kappa shape index (κ2) is 9.90. The van der Waals surface area contributed by atoms with Crippen molar-refractivity contribution in [1.82, 2.24) is 4.90 Å². The van der Waals surface area contributed by atoms with Crippen molar-refractivity contribution in [3.05, 3.63) is 0 Å². The summed E-state index contributed by atoms with van der Waals surface area (Å²) in [6.07, 6.45) is 5.67. The number of nitrogens with zero attached hydrogens (tertiary/aromatic N) is 1. The molecule has 0 aromatic rings. The van der Waals surface area contributed by atoms with E-state index in [1.165, 1.54) is 32.4 Å². The van der Waals surface area contributed by atoms with E-state index in [4.69, 9.17) is 0 Å². The highest BCUT2D eigenvalue weighted by atomic mass is 16.3. The van der Waals surface area contributed by atoms with Crippen LogP contribution in [0.3, 0.4) is 0 Å². The molecule has 104 valence electrons. The van der Waals surface area contributed by atoms with E-state index >= 15 is 0 Å². The largest absolute Gasteiger partial charge is 0.393 e. The third kappa shape index (κ3) is 8.62. The van der Waals surface area contributed by atoms with Crippen molar-refractivity contribution < 1.29 is 5.11 Å². The first kappa shape index (κ1) is 16.9. The molecule has 0 radical (unpaired) electrons. The molecule has 1 N–H and O–H groups in total. The van der Waals surface area contributed by atoms with Crippen molar-refractivity contribution in [2.45, 2.75) is 78.9 Å². The van der Waals surface area contributed by atoms with Gasteiger partial charge < -0.3 is 10.0 Å². The van der Waals surface area contributed by atoms with Gasteiger partial charge >= 0.3 is 0 Å². The van der Waals surface area contributed by atoms with Gasteiger partial charge in [-0.15, -0.1) is 0 Å². The van der Waals surface area contributed by atoms with Crippen molar-refractivity contribution in [2.75, 3.05) is 13.1 Å². The van der Waals surface area contributed by atoms with Crippen LogP contribution in [0.5, 0.6) is 0 Å². The van der Waals surface area contributed by atoms with Gasteiger partial charge in [-0.1, -0.05) is 27.7 Å². The van der Waals surface area contributed by atoms with Crippen LogP contribution in [0.4, 0.5) is 0 Å². The van der Waals surface area contributed by atoms with Crippen LogP contribution in [-0.2, 0) is 0 Å². The van der Waals surface area contributed by atoms with Gasteiger partial charge in [0.05, 0.1) is 6.10 Å². The number of aliphatic hydroxyl groups excluding tert-OH is 1. The molecule has 0 saturated heterocycles. The molecule has 1 atom stereocenters. The van der Waals surface area contributed by atoms with Gasteiger partial charge in [-0.2, -0.15) is 0 Å². The lowest BCUT2D eigenvalue weighted by Gasteiger charge is -2.32. The maximum Gasteiger partial charge on any atom is 0.0512 e. The maximum atomic E-state index is 9.25. The van der Waals surface area contributed by atoms with Gasteiger partial charge in [0, 0.05) is 12.6 Å². The number of hydrogen-bond donors (Lipinski definition) is 1. The molecular weight excluding hydrogens is 210 g/mol. The van der Waals surface area contributed by atoms with E-state index in [0.29, 0.717) is 0 Å². The van der Waals surface area contributed by atoms with Crippen molar-refractivity contribution >= 4 is 0 Å². The van der Waals surface area contributed by atoms with Crippen LogP contribution in [0, 0.1) is 5.92 Å². The monoisotopic (exact) mass is 243 g/mol. The zero-order chi connectivity index (χ0) is 13.3. The maximum absolute atomic E-state index is 9.25. The standard InChI is InChI=1S/C15H33NO/c1-6-15(7-2)16(12-13(3)4)11-9-8-10-14(5)17/h13-15,17H,6-12H2,1-5H3. The Labute approximate surface area is 108 Å². The van der Waals surface area contributed by atoms with Gasteiger partial charge in [-0.3, -0.25) is 0 Å². The fourth-order valence-electron chi connectivity index (χ4n) is 2.45. The molecular formula is C15H33NO. The minimum atomic E-state index is -0.137. The first-order chi connectivity index (χ1) is 8.01. The number of aliphatic hydroxyl groups is 1. The summed E-state index contributed by atoms with van der Waals surface area (Å²) in [5.74, 6) is 0.743. The summed E-state index contributed by atoms with van der Waals surface area (Å²) in [6, 6.07) is 0.740. The summed E-state index contributed by atoms with van der Waals surface area (Å²) in [4.78, 5) is 2.65. The summed E-state index contributed by atoms with van der Waals surface area (Å²) in [6.45, 7) is 13.5. The third-order valence-corrected chi connectivity index (χ3v) is 3.38. The molecule has 1 unspecified atom stereocenters. The lowest BCUT2D eigenvalue weighted by Crippen LogP contribution is -2.38. The van der Waals surface area contributed by atoms with Crippen LogP contribution in [0.15, 0.2) is 0 Å². The molecule has 0 aromatic heterocycles. The Balaban J connectivity index is 4.00. The van der Waals surface area contributed by atoms with Crippen molar-refractivity contribution in [2.24, 2.45) is 5.92 Å². The van der Waals surface area contributed by atoms with E-state index in [1.54, 1.807) is 0 Å². The van der Waals surface area contributed by atoms with E-state index in [-0.39, 0.29) is 6.10 Å². The van der Waals surface area contributed by atoms with Gasteiger partial charge in [-0.05, 0) is 51.5 Å². The first-order valence-electron chi connectivity index (χ1n) is 7.43. The van der Waals surface area contributed by atoms with Crippen LogP contribution < -0.4 is 0 Å². The van der Waals surface area contributed by atoms with Crippen LogP contribution >= 0.6 is 0 Å². The summed E-state index contributed by atoms with van der Waals surface area (Å²) in [7, 11) is 0. The van der Waals surface area contributed by atoms with E-state index in [9.17, 15) is 5.11 Å². The Bertz CT molecular complexity index is 164. The van der Waals surface area contributed by atoms with E-state index in [2.05, 4.69) is 32.6 Å². The molecule has 0 bridgehead atoms. The lowest BCUT2D eigenvalue weighted by atomic mass is 10.1. The molecule has 0 aliphatic heterocycles. The van der Waals surface area contributed by atoms with E-state index in [0.717, 1.165) is 24.8 Å². The average molecular weight is 243 g/mol. The average Bonchev–Trinajstić information content (AvgIpc) is 2.24. The molecule has 0 heterocycles. The molecule has 0 aliphatic carbocycles. The molecule has 17 heavy (non-hydrogen) atoms. The normalized spacial score (nSPS) is 13.9. The molecule has 0 fully saturated rings. The SMILES string of the molecule is CCC(CC)N(CCCCC(C)O)CC(C)C. The Kier molecular flexibility index (Phi) is 9.85. The Morgan fingerprint density at radius 2 is 1.59 bits per heavy atom. The predicted octanol–water partition coefficient (Wildman–Crippen LogP) is 3.68. The summed E-state index contributed by atoms with van der Waals surface area (Å²) in [5, 5.41) is 9.25. The van der Waals surface area contributed by atoms with E-state index in [1.807, 2.05) is 6.92 Å². The van der Waals surface area contributed by atoms with Gasteiger partial charge in [0.25, 0.3) is 0 Å². The molecule has 0 saturated carbocycles. The van der Waals surface area contributed by atoms with Crippen LogP contribution in [0.1, 0.15) is 66.7 Å². The van der Waals surface area contributed by atoms with Crippen molar-refractivity contribution in [3.8, 4) is 0 Å². The predicted molar refractivity (Wildman–Crippen MR) is 76.3 cm³/mol. The molecule has 0 spiro atoms. The van der Waals surface area contributed by atoms with Gasteiger partial charge in [0.2, 0.25) is 0 Å². The zero-order valence-electron chi connectivity index (χ0n) is 12.6. The first-order valence-corrected chi connectivity index (χ1v) is 7.43. The number of unbranched alkanes of at least 4 members (excludes halogenated alkanes) is 1. The second-order valence-corrected chi connectivity index (χ2v) is 5.70. The highest BCUT2D eigenvalue weighted by Gasteiger charge is 2.15. The quantitative estimate of drug-likeness (QED) is 0.592. The highest BCUT2D eigenvalue weighted by molar-refractivity contribution is 4.70. The number of rotatable bonds is 10. The third-order valence-electron chi connectivity index (χ3n) is 3.38. The molecule has 0 aromatic carbocycles. The van der Waals surface area contributed by atoms with Crippen molar-refractivity contribution in [1.29, 1.82) is 0 Å².